The van der Waals surface area contributed by atoms with E-state index in [4.69, 9.17) is 0 Å². The maximum Gasteiger partial charge on any atom is 0.194 e. The van der Waals surface area contributed by atoms with Crippen LogP contribution in [0, 0.1) is 21.2 Å². The van der Waals surface area contributed by atoms with Crippen LogP contribution >= 0.6 is 22.6 Å². The number of rotatable bonds is 3. The molecule has 1 unspecified atom stereocenters. The number of hydrogen-bond donors (Lipinski definition) is 1. The third-order valence-corrected chi connectivity index (χ3v) is 4.50. The van der Waals surface area contributed by atoms with Crippen LogP contribution in [0.2, 0.25) is 0 Å². The predicted octanol–water partition coefficient (Wildman–Crippen LogP) is 3.18. The molecule has 1 atom stereocenters. The summed E-state index contributed by atoms with van der Waals surface area (Å²) in [5.74, 6) is -3.69. The van der Waals surface area contributed by atoms with E-state index in [0.717, 1.165) is 34.6 Å². The SMILES string of the molecule is Fc1cc(CCC2NCCn3cnc(I)c32)cc(F)c1F. The molecule has 1 aromatic heterocycles. The fourth-order valence-corrected chi connectivity index (χ4v) is 3.46. The number of imidazole rings is 1. The second-order valence-electron chi connectivity index (χ2n) is 5.03. The summed E-state index contributed by atoms with van der Waals surface area (Å²) in [5, 5.41) is 3.39. The Morgan fingerprint density at radius 1 is 1.29 bits per heavy atom. The summed E-state index contributed by atoms with van der Waals surface area (Å²) in [4.78, 5) is 4.28. The molecule has 0 amide bonds. The van der Waals surface area contributed by atoms with Crippen LogP contribution in [0.15, 0.2) is 18.5 Å². The average molecular weight is 407 g/mol. The molecule has 0 bridgehead atoms. The Kier molecular flexibility index (Phi) is 4.21. The molecule has 1 aromatic carbocycles. The summed E-state index contributed by atoms with van der Waals surface area (Å²) >= 11 is 2.18. The molecule has 2 heterocycles. The van der Waals surface area contributed by atoms with Crippen molar-refractivity contribution in [1.29, 1.82) is 0 Å². The topological polar surface area (TPSA) is 29.9 Å². The highest BCUT2D eigenvalue weighted by Crippen LogP contribution is 2.26. The third-order valence-electron chi connectivity index (χ3n) is 3.67. The summed E-state index contributed by atoms with van der Waals surface area (Å²) in [5.41, 5.74) is 1.56. The molecule has 2 aromatic rings. The molecule has 7 heteroatoms. The quantitative estimate of drug-likeness (QED) is 0.626. The Bertz CT molecular complexity index is 648. The normalized spacial score (nSPS) is 17.8. The Labute approximate surface area is 133 Å². The first-order chi connectivity index (χ1) is 10.1. The average Bonchev–Trinajstić information content (AvgIpc) is 2.85. The van der Waals surface area contributed by atoms with Gasteiger partial charge in [0.15, 0.2) is 17.5 Å². The highest BCUT2D eigenvalue weighted by molar-refractivity contribution is 14.1. The van der Waals surface area contributed by atoms with E-state index < -0.39 is 17.5 Å². The number of benzene rings is 1. The smallest absolute Gasteiger partial charge is 0.194 e. The largest absolute Gasteiger partial charge is 0.331 e. The molecular formula is C14H13F3IN3. The van der Waals surface area contributed by atoms with Crippen molar-refractivity contribution in [3.05, 3.63) is 50.9 Å². The number of fused-ring (bicyclic) bond motifs is 1. The molecular weight excluding hydrogens is 394 g/mol. The lowest BCUT2D eigenvalue weighted by Crippen LogP contribution is -2.33. The van der Waals surface area contributed by atoms with Crippen LogP contribution in [0.1, 0.15) is 23.7 Å². The van der Waals surface area contributed by atoms with E-state index in [0.29, 0.717) is 18.4 Å². The van der Waals surface area contributed by atoms with E-state index in [2.05, 4.69) is 37.5 Å². The van der Waals surface area contributed by atoms with Gasteiger partial charge in [0.05, 0.1) is 18.1 Å². The van der Waals surface area contributed by atoms with Crippen molar-refractivity contribution in [2.75, 3.05) is 6.54 Å². The standard InChI is InChI=1S/C14H13F3IN3/c15-9-5-8(6-10(16)12(9)17)1-2-11-13-14(18)20-7-21(13)4-3-19-11/h5-7,11,19H,1-4H2. The number of nitrogens with zero attached hydrogens (tertiary/aromatic N) is 2. The Balaban J connectivity index is 1.76. The molecule has 21 heavy (non-hydrogen) atoms. The summed E-state index contributed by atoms with van der Waals surface area (Å²) in [7, 11) is 0. The molecule has 3 rings (SSSR count). The Morgan fingerprint density at radius 3 is 2.71 bits per heavy atom. The predicted molar refractivity (Wildman–Crippen MR) is 80.3 cm³/mol. The third kappa shape index (κ3) is 2.94. The van der Waals surface area contributed by atoms with Gasteiger partial charge in [0, 0.05) is 13.1 Å². The second kappa shape index (κ2) is 5.96. The van der Waals surface area contributed by atoms with Gasteiger partial charge in [-0.25, -0.2) is 18.2 Å². The van der Waals surface area contributed by atoms with E-state index in [-0.39, 0.29) is 6.04 Å². The lowest BCUT2D eigenvalue weighted by atomic mass is 10.0. The van der Waals surface area contributed by atoms with Gasteiger partial charge in [-0.05, 0) is 53.1 Å². The minimum absolute atomic E-state index is 0.0873. The highest BCUT2D eigenvalue weighted by Gasteiger charge is 2.23. The van der Waals surface area contributed by atoms with E-state index in [1.54, 1.807) is 0 Å². The van der Waals surface area contributed by atoms with Gasteiger partial charge in [-0.15, -0.1) is 0 Å². The number of halogens is 4. The van der Waals surface area contributed by atoms with Crippen LogP contribution in [-0.4, -0.2) is 16.1 Å². The van der Waals surface area contributed by atoms with Gasteiger partial charge < -0.3 is 9.88 Å². The molecule has 0 fully saturated rings. The Morgan fingerprint density at radius 2 is 2.00 bits per heavy atom. The van der Waals surface area contributed by atoms with Crippen molar-refractivity contribution in [3.8, 4) is 0 Å². The lowest BCUT2D eigenvalue weighted by molar-refractivity contribution is 0.402. The fraction of sp³-hybridized carbons (Fsp3) is 0.357. The van der Waals surface area contributed by atoms with Crippen molar-refractivity contribution in [3.63, 3.8) is 0 Å². The zero-order valence-corrected chi connectivity index (χ0v) is 13.2. The molecule has 3 nitrogen and oxygen atoms in total. The van der Waals surface area contributed by atoms with E-state index in [9.17, 15) is 13.2 Å². The zero-order chi connectivity index (χ0) is 15.0. The Hall–Kier alpha value is -1.09. The first-order valence-corrected chi connectivity index (χ1v) is 7.71. The minimum atomic E-state index is -1.41. The minimum Gasteiger partial charge on any atom is -0.331 e. The lowest BCUT2D eigenvalue weighted by Gasteiger charge is -2.26. The maximum absolute atomic E-state index is 13.2. The fourth-order valence-electron chi connectivity index (χ4n) is 2.65. The van der Waals surface area contributed by atoms with Crippen molar-refractivity contribution < 1.29 is 13.2 Å². The van der Waals surface area contributed by atoms with Crippen molar-refractivity contribution in [2.45, 2.75) is 25.4 Å². The first-order valence-electron chi connectivity index (χ1n) is 6.63. The van der Waals surface area contributed by atoms with Crippen LogP contribution < -0.4 is 5.32 Å². The van der Waals surface area contributed by atoms with Crippen LogP contribution in [0.3, 0.4) is 0 Å². The molecule has 0 saturated carbocycles. The first kappa shape index (κ1) is 14.8. The van der Waals surface area contributed by atoms with Gasteiger partial charge in [-0.1, -0.05) is 0 Å². The monoisotopic (exact) mass is 407 g/mol. The zero-order valence-electron chi connectivity index (χ0n) is 11.0. The van der Waals surface area contributed by atoms with Gasteiger partial charge in [0.2, 0.25) is 0 Å². The van der Waals surface area contributed by atoms with Crippen LogP contribution in [-0.2, 0) is 13.0 Å². The molecule has 1 aliphatic heterocycles. The molecule has 0 aliphatic carbocycles. The highest BCUT2D eigenvalue weighted by atomic mass is 127. The van der Waals surface area contributed by atoms with Gasteiger partial charge >= 0.3 is 0 Å². The van der Waals surface area contributed by atoms with Gasteiger partial charge in [0.1, 0.15) is 3.70 Å². The number of aryl methyl sites for hydroxylation is 1. The molecule has 1 N–H and O–H groups in total. The van der Waals surface area contributed by atoms with Crippen molar-refractivity contribution >= 4 is 22.6 Å². The molecule has 0 saturated heterocycles. The van der Waals surface area contributed by atoms with Crippen LogP contribution in [0.4, 0.5) is 13.2 Å². The molecule has 112 valence electrons. The summed E-state index contributed by atoms with van der Waals surface area (Å²) in [6.45, 7) is 1.69. The summed E-state index contributed by atoms with van der Waals surface area (Å²) in [6.07, 6.45) is 2.95. The second-order valence-corrected chi connectivity index (χ2v) is 6.05. The number of aromatic nitrogens is 2. The van der Waals surface area contributed by atoms with Gasteiger partial charge in [-0.3, -0.25) is 0 Å². The molecule has 1 aliphatic rings. The maximum atomic E-state index is 13.2. The summed E-state index contributed by atoms with van der Waals surface area (Å²) < 4.78 is 42.4. The van der Waals surface area contributed by atoms with Gasteiger partial charge in [-0.2, -0.15) is 0 Å². The number of nitrogens with one attached hydrogen (secondary N) is 1. The molecule has 0 radical (unpaired) electrons. The van der Waals surface area contributed by atoms with E-state index in [1.165, 1.54) is 0 Å². The van der Waals surface area contributed by atoms with Crippen molar-refractivity contribution in [1.82, 2.24) is 14.9 Å². The van der Waals surface area contributed by atoms with Crippen LogP contribution in [0.25, 0.3) is 0 Å². The van der Waals surface area contributed by atoms with Crippen molar-refractivity contribution in [2.24, 2.45) is 0 Å². The summed E-state index contributed by atoms with van der Waals surface area (Å²) in [6, 6.07) is 2.21. The van der Waals surface area contributed by atoms with E-state index >= 15 is 0 Å². The van der Waals surface area contributed by atoms with Gasteiger partial charge in [0.25, 0.3) is 0 Å². The number of hydrogen-bond acceptors (Lipinski definition) is 2. The van der Waals surface area contributed by atoms with Crippen LogP contribution in [0.5, 0.6) is 0 Å². The van der Waals surface area contributed by atoms with E-state index in [1.807, 2.05) is 6.33 Å². The molecule has 0 spiro atoms.